The van der Waals surface area contributed by atoms with E-state index in [1.54, 1.807) is 60.7 Å². The van der Waals surface area contributed by atoms with Crippen molar-refractivity contribution in [2.45, 2.75) is 18.8 Å². The maximum atomic E-state index is 14.0. The number of para-hydroxylation sites is 1. The molecule has 6 nitrogen and oxygen atoms in total. The van der Waals surface area contributed by atoms with Gasteiger partial charge < -0.3 is 20.1 Å². The summed E-state index contributed by atoms with van der Waals surface area (Å²) in [7, 11) is 0. The van der Waals surface area contributed by atoms with Crippen molar-refractivity contribution in [1.29, 1.82) is 0 Å². The first-order valence-corrected chi connectivity index (χ1v) is 12.1. The molecule has 0 aliphatic rings. The predicted octanol–water partition coefficient (Wildman–Crippen LogP) is 6.59. The van der Waals surface area contributed by atoms with Gasteiger partial charge in [-0.1, -0.05) is 54.6 Å². The Balaban J connectivity index is 1.49. The molecule has 1 unspecified atom stereocenters. The van der Waals surface area contributed by atoms with Gasteiger partial charge in [-0.05, 0) is 54.1 Å². The molecule has 4 rings (SSSR count). The topological polar surface area (TPSA) is 76.7 Å². The lowest BCUT2D eigenvalue weighted by Gasteiger charge is -2.20. The molecule has 2 N–H and O–H groups in total. The minimum atomic E-state index is -5.12. The quantitative estimate of drug-likeness (QED) is 0.218. The number of ether oxygens (including phenoxy) is 2. The first kappa shape index (κ1) is 28.3. The van der Waals surface area contributed by atoms with Crippen LogP contribution in [0.15, 0.2) is 103 Å². The molecule has 1 atom stereocenters. The van der Waals surface area contributed by atoms with Crippen molar-refractivity contribution in [3.05, 3.63) is 126 Å². The van der Waals surface area contributed by atoms with E-state index >= 15 is 0 Å². The van der Waals surface area contributed by atoms with Gasteiger partial charge in [-0.2, -0.15) is 13.2 Å². The van der Waals surface area contributed by atoms with Gasteiger partial charge in [-0.3, -0.25) is 9.59 Å². The minimum absolute atomic E-state index is 0.0831. The van der Waals surface area contributed by atoms with E-state index in [1.165, 1.54) is 0 Å². The average Bonchev–Trinajstić information content (AvgIpc) is 2.94. The highest BCUT2D eigenvalue weighted by Crippen LogP contribution is 2.34. The van der Waals surface area contributed by atoms with Gasteiger partial charge in [0.15, 0.2) is 0 Å². The number of amides is 2. The monoisotopic (exact) mass is 552 g/mol. The van der Waals surface area contributed by atoms with Crippen LogP contribution in [0.25, 0.3) is 0 Å². The fraction of sp³-hybridized carbons (Fsp3) is 0.133. The van der Waals surface area contributed by atoms with Crippen LogP contribution in [-0.2, 0) is 22.3 Å². The van der Waals surface area contributed by atoms with Crippen molar-refractivity contribution in [2.24, 2.45) is 0 Å². The van der Waals surface area contributed by atoms with E-state index in [2.05, 4.69) is 10.6 Å². The maximum absolute atomic E-state index is 14.0. The molecule has 0 aliphatic carbocycles. The Kier molecular flexibility index (Phi) is 9.13. The Bertz CT molecular complexity index is 1430. The lowest BCUT2D eigenvalue weighted by Crippen LogP contribution is -2.47. The number of carbonyl (C=O) groups is 2. The van der Waals surface area contributed by atoms with Crippen LogP contribution in [0.2, 0.25) is 0 Å². The normalized spacial score (nSPS) is 11.9. The van der Waals surface area contributed by atoms with Gasteiger partial charge in [0.1, 0.15) is 28.9 Å². The second-order valence-electron chi connectivity index (χ2n) is 8.62. The zero-order valence-corrected chi connectivity index (χ0v) is 21.0. The molecule has 0 radical (unpaired) electrons. The van der Waals surface area contributed by atoms with E-state index in [9.17, 15) is 27.2 Å². The molecule has 0 spiro atoms. The molecule has 10 heteroatoms. The summed E-state index contributed by atoms with van der Waals surface area (Å²) < 4.78 is 65.8. The number of nitrogens with one attached hydrogen (secondary N) is 2. The molecule has 40 heavy (non-hydrogen) atoms. The Hall–Kier alpha value is -4.70. The molecule has 0 aliphatic heterocycles. The first-order chi connectivity index (χ1) is 19.2. The number of anilines is 1. The van der Waals surface area contributed by atoms with Crippen LogP contribution in [0, 0.1) is 5.82 Å². The maximum Gasteiger partial charge on any atom is 0.420 e. The third-order valence-corrected chi connectivity index (χ3v) is 5.66. The van der Waals surface area contributed by atoms with Crippen molar-refractivity contribution in [3.63, 3.8) is 0 Å². The summed E-state index contributed by atoms with van der Waals surface area (Å²) in [5.74, 6) is -2.50. The highest BCUT2D eigenvalue weighted by molar-refractivity contribution is 6.02. The molecule has 206 valence electrons. The summed E-state index contributed by atoms with van der Waals surface area (Å²) in [6.07, 6.45) is -5.12. The molecule has 0 heterocycles. The summed E-state index contributed by atoms with van der Waals surface area (Å²) >= 11 is 0. The SMILES string of the molecule is O=C(NC(COCc1ccccc1)C(=O)Nc1ccc(Oc2ccccc2)cc1)c1cccc(F)c1C(F)(F)F. The highest BCUT2D eigenvalue weighted by Gasteiger charge is 2.39. The Labute approximate surface area is 227 Å². The number of hydrogen-bond donors (Lipinski definition) is 2. The lowest BCUT2D eigenvalue weighted by atomic mass is 10.1. The fourth-order valence-electron chi connectivity index (χ4n) is 3.75. The number of carbonyl (C=O) groups excluding carboxylic acids is 2. The zero-order valence-electron chi connectivity index (χ0n) is 21.0. The minimum Gasteiger partial charge on any atom is -0.457 e. The fourth-order valence-corrected chi connectivity index (χ4v) is 3.75. The van der Waals surface area contributed by atoms with Gasteiger partial charge in [-0.25, -0.2) is 4.39 Å². The van der Waals surface area contributed by atoms with Gasteiger partial charge in [-0.15, -0.1) is 0 Å². The average molecular weight is 553 g/mol. The van der Waals surface area contributed by atoms with Gasteiger partial charge in [0.2, 0.25) is 5.91 Å². The Morgan fingerprint density at radius 3 is 2.05 bits per heavy atom. The zero-order chi connectivity index (χ0) is 28.5. The first-order valence-electron chi connectivity index (χ1n) is 12.1. The van der Waals surface area contributed by atoms with E-state index in [1.807, 2.05) is 24.3 Å². The third kappa shape index (κ3) is 7.67. The molecule has 0 saturated heterocycles. The molecular weight excluding hydrogens is 528 g/mol. The van der Waals surface area contributed by atoms with Gasteiger partial charge >= 0.3 is 6.18 Å². The molecule has 0 fully saturated rings. The van der Waals surface area contributed by atoms with Crippen molar-refractivity contribution in [2.75, 3.05) is 11.9 Å². The molecule has 4 aromatic rings. The molecule has 4 aromatic carbocycles. The standard InChI is InChI=1S/C30H24F4N2O4/c31-25-13-7-12-24(27(25)30(32,33)34)28(37)36-26(19-39-18-20-8-3-1-4-9-20)29(38)35-21-14-16-23(17-15-21)40-22-10-5-2-6-11-22/h1-17,26H,18-19H2,(H,35,38)(H,36,37). The van der Waals surface area contributed by atoms with Crippen molar-refractivity contribution < 1.29 is 36.6 Å². The van der Waals surface area contributed by atoms with Crippen LogP contribution in [0.1, 0.15) is 21.5 Å². The van der Waals surface area contributed by atoms with E-state index in [4.69, 9.17) is 9.47 Å². The summed E-state index contributed by atoms with van der Waals surface area (Å²) in [5.41, 5.74) is -1.54. The van der Waals surface area contributed by atoms with Crippen molar-refractivity contribution in [1.82, 2.24) is 5.32 Å². The lowest BCUT2D eigenvalue weighted by molar-refractivity contribution is -0.140. The summed E-state index contributed by atoms with van der Waals surface area (Å²) in [6, 6.07) is 25.4. The van der Waals surface area contributed by atoms with Crippen LogP contribution < -0.4 is 15.4 Å². The van der Waals surface area contributed by atoms with E-state index in [0.29, 0.717) is 23.3 Å². The van der Waals surface area contributed by atoms with Gasteiger partial charge in [0.05, 0.1) is 18.8 Å². The number of benzene rings is 4. The Morgan fingerprint density at radius 2 is 1.40 bits per heavy atom. The van der Waals surface area contributed by atoms with Crippen LogP contribution in [0.5, 0.6) is 11.5 Å². The van der Waals surface area contributed by atoms with Crippen LogP contribution in [0.4, 0.5) is 23.2 Å². The smallest absolute Gasteiger partial charge is 0.420 e. The molecule has 2 amide bonds. The number of halogens is 4. The van der Waals surface area contributed by atoms with Crippen molar-refractivity contribution in [3.8, 4) is 11.5 Å². The van der Waals surface area contributed by atoms with Crippen LogP contribution in [-0.4, -0.2) is 24.5 Å². The Morgan fingerprint density at radius 1 is 0.775 bits per heavy atom. The molecule has 0 saturated carbocycles. The largest absolute Gasteiger partial charge is 0.457 e. The highest BCUT2D eigenvalue weighted by atomic mass is 19.4. The summed E-state index contributed by atoms with van der Waals surface area (Å²) in [6.45, 7) is -0.280. The van der Waals surface area contributed by atoms with Crippen LogP contribution in [0.3, 0.4) is 0 Å². The molecule has 0 bridgehead atoms. The number of hydrogen-bond acceptors (Lipinski definition) is 4. The predicted molar refractivity (Wildman–Crippen MR) is 140 cm³/mol. The third-order valence-electron chi connectivity index (χ3n) is 5.66. The van der Waals surface area contributed by atoms with Gasteiger partial charge in [0, 0.05) is 5.69 Å². The van der Waals surface area contributed by atoms with Crippen LogP contribution >= 0.6 is 0 Å². The number of alkyl halides is 3. The van der Waals surface area contributed by atoms with Gasteiger partial charge in [0.25, 0.3) is 5.91 Å². The van der Waals surface area contributed by atoms with E-state index < -0.39 is 41.0 Å². The van der Waals surface area contributed by atoms with Crippen molar-refractivity contribution >= 4 is 17.5 Å². The molecule has 0 aromatic heterocycles. The summed E-state index contributed by atoms with van der Waals surface area (Å²) in [5, 5.41) is 4.87. The van der Waals surface area contributed by atoms with E-state index in [0.717, 1.165) is 17.7 Å². The molecular formula is C30H24F4N2O4. The second-order valence-corrected chi connectivity index (χ2v) is 8.62. The second kappa shape index (κ2) is 12.9. The number of rotatable bonds is 10. The van der Waals surface area contributed by atoms with E-state index in [-0.39, 0.29) is 13.2 Å². The summed E-state index contributed by atoms with van der Waals surface area (Å²) in [4.78, 5) is 26.0.